The number of aryl methyl sites for hydroxylation is 1. The van der Waals surface area contributed by atoms with Crippen molar-refractivity contribution >= 4 is 35.1 Å². The molecule has 2 saturated heterocycles. The highest BCUT2D eigenvalue weighted by Crippen LogP contribution is 2.36. The smallest absolute Gasteiger partial charge is 0.338 e. The summed E-state index contributed by atoms with van der Waals surface area (Å²) in [4.78, 5) is 40.5. The molecular weight excluding hydrogens is 563 g/mol. The third-order valence-electron chi connectivity index (χ3n) is 8.17. The number of rotatable bonds is 8. The number of carbonyl (C=O) groups is 2. The fraction of sp³-hybridized carbons (Fsp3) is 0.483. The number of oxazole rings is 1. The molecular formula is C29H35FN6O5S. The molecule has 1 aromatic carbocycles. The van der Waals surface area contributed by atoms with Crippen molar-refractivity contribution in [3.63, 3.8) is 0 Å². The summed E-state index contributed by atoms with van der Waals surface area (Å²) in [6.07, 6.45) is 1.33. The van der Waals surface area contributed by atoms with Crippen LogP contribution in [0.3, 0.4) is 0 Å². The van der Waals surface area contributed by atoms with Gasteiger partial charge in [-0.25, -0.2) is 14.2 Å². The van der Waals surface area contributed by atoms with Crippen LogP contribution in [0.4, 0.5) is 4.39 Å². The van der Waals surface area contributed by atoms with Crippen LogP contribution in [0.5, 0.6) is 0 Å². The number of thiocarbonyl (C=S) groups is 1. The maximum atomic E-state index is 14.7. The first-order valence-electron chi connectivity index (χ1n) is 13.7. The van der Waals surface area contributed by atoms with Gasteiger partial charge in [-0.15, -0.1) is 0 Å². The fourth-order valence-electron chi connectivity index (χ4n) is 5.76. The molecule has 224 valence electrons. The maximum absolute atomic E-state index is 14.7. The van der Waals surface area contributed by atoms with E-state index in [2.05, 4.69) is 20.1 Å². The lowest BCUT2D eigenvalue weighted by Gasteiger charge is -2.39. The summed E-state index contributed by atoms with van der Waals surface area (Å²) >= 11 is 5.72. The molecule has 0 radical (unpaired) electrons. The van der Waals surface area contributed by atoms with Crippen LogP contribution in [0, 0.1) is 25.1 Å². The summed E-state index contributed by atoms with van der Waals surface area (Å²) in [5, 5.41) is 13.6. The average Bonchev–Trinajstić information content (AvgIpc) is 3.51. The van der Waals surface area contributed by atoms with Gasteiger partial charge in [0, 0.05) is 45.0 Å². The number of carbonyl (C=O) groups excluding carboxylic acids is 1. The number of hydrogen-bond donors (Lipinski definition) is 2. The predicted octanol–water partition coefficient (Wildman–Crippen LogP) is 2.65. The zero-order valence-electron chi connectivity index (χ0n) is 24.3. The second-order valence-corrected chi connectivity index (χ2v) is 11.9. The van der Waals surface area contributed by atoms with Crippen LogP contribution in [0.15, 0.2) is 45.3 Å². The number of nitrogens with one attached hydrogen (secondary N) is 1. The van der Waals surface area contributed by atoms with E-state index >= 15 is 0 Å². The lowest BCUT2D eigenvalue weighted by atomic mass is 9.91. The molecule has 3 aliphatic rings. The standard InChI is InChI=1S/C29H35FN6O5S/c1-16-19(7-6-8-20(16)30)24-22(26(37)40-5)21(32-25(33-24)23-17(2)41-15-31-23)13-34-9-10-36-18(11-34)12-35(28(36)42)14-29(3,4)27(38)39/h6-8,15,18,24H,9-14H2,1-5H3,(H,32,33)(H,38,39)/t18-,24-/m0/s1. The molecule has 11 nitrogen and oxygen atoms in total. The number of fused-ring (bicyclic) bond motifs is 1. The minimum absolute atomic E-state index is 0.0637. The quantitative estimate of drug-likeness (QED) is 0.344. The van der Waals surface area contributed by atoms with E-state index in [1.54, 1.807) is 39.8 Å². The van der Waals surface area contributed by atoms with E-state index in [0.717, 1.165) is 0 Å². The molecule has 2 fully saturated rings. The van der Waals surface area contributed by atoms with Gasteiger partial charge in [-0.05, 0) is 57.1 Å². The molecule has 3 aliphatic heterocycles. The Bertz CT molecular complexity index is 1490. The second-order valence-electron chi connectivity index (χ2n) is 11.5. The molecule has 0 bridgehead atoms. The second kappa shape index (κ2) is 11.4. The summed E-state index contributed by atoms with van der Waals surface area (Å²) in [6, 6.07) is 3.97. The number of esters is 1. The zero-order chi connectivity index (χ0) is 30.3. The number of nitrogens with zero attached hydrogens (tertiary/aromatic N) is 5. The highest BCUT2D eigenvalue weighted by molar-refractivity contribution is 7.80. The summed E-state index contributed by atoms with van der Waals surface area (Å²) in [5.41, 5.74) is 1.38. The number of aliphatic imine (C=N–C) groups is 1. The molecule has 0 spiro atoms. The number of piperazine rings is 1. The summed E-state index contributed by atoms with van der Waals surface area (Å²) < 4.78 is 25.3. The minimum Gasteiger partial charge on any atom is -0.481 e. The monoisotopic (exact) mass is 598 g/mol. The highest BCUT2D eigenvalue weighted by Gasteiger charge is 2.42. The first kappa shape index (κ1) is 29.6. The number of aromatic nitrogens is 1. The van der Waals surface area contributed by atoms with E-state index < -0.39 is 29.2 Å². The van der Waals surface area contributed by atoms with Crippen molar-refractivity contribution in [3.05, 3.63) is 64.3 Å². The molecule has 2 N–H and O–H groups in total. The van der Waals surface area contributed by atoms with Gasteiger partial charge in [0.15, 0.2) is 17.3 Å². The molecule has 4 heterocycles. The SMILES string of the molecule is COC(=O)C1=C(CN2CCN3C(=S)N(CC(C)(C)C(=O)O)C[C@@H]3C2)NC(c2ncoc2C)=N[C@H]1c1cccc(F)c1C. The first-order chi connectivity index (χ1) is 19.9. The molecule has 0 amide bonds. The van der Waals surface area contributed by atoms with Crippen molar-refractivity contribution in [1.82, 2.24) is 25.0 Å². The van der Waals surface area contributed by atoms with Gasteiger partial charge in [0.1, 0.15) is 23.3 Å². The Kier molecular flexibility index (Phi) is 8.08. The Morgan fingerprint density at radius 3 is 2.69 bits per heavy atom. The van der Waals surface area contributed by atoms with Gasteiger partial charge >= 0.3 is 11.9 Å². The number of benzene rings is 1. The van der Waals surface area contributed by atoms with Crippen LogP contribution < -0.4 is 5.32 Å². The van der Waals surface area contributed by atoms with Crippen molar-refractivity contribution < 1.29 is 28.2 Å². The van der Waals surface area contributed by atoms with Crippen molar-refractivity contribution in [3.8, 4) is 0 Å². The van der Waals surface area contributed by atoms with Crippen LogP contribution in [-0.4, -0.2) is 100 Å². The van der Waals surface area contributed by atoms with Crippen LogP contribution in [0.1, 0.15) is 42.5 Å². The van der Waals surface area contributed by atoms with Gasteiger partial charge < -0.3 is 29.4 Å². The molecule has 1 aromatic heterocycles. The molecule has 42 heavy (non-hydrogen) atoms. The lowest BCUT2D eigenvalue weighted by molar-refractivity contribution is -0.147. The number of carboxylic acid groups (broad SMARTS) is 1. The van der Waals surface area contributed by atoms with Crippen molar-refractivity contribution in [2.75, 3.05) is 46.4 Å². The number of methoxy groups -OCH3 is 1. The van der Waals surface area contributed by atoms with Crippen molar-refractivity contribution in [2.45, 2.75) is 39.8 Å². The Hall–Kier alpha value is -3.84. The van der Waals surface area contributed by atoms with Gasteiger partial charge in [0.05, 0.1) is 24.1 Å². The summed E-state index contributed by atoms with van der Waals surface area (Å²) in [7, 11) is 1.31. The number of hydrogen-bond acceptors (Lipinski definition) is 9. The van der Waals surface area contributed by atoms with Crippen LogP contribution >= 0.6 is 12.2 Å². The summed E-state index contributed by atoms with van der Waals surface area (Å²) in [6.45, 7) is 10.1. The number of carboxylic acids is 1. The van der Waals surface area contributed by atoms with Gasteiger partial charge in [-0.2, -0.15) is 0 Å². The first-order valence-corrected chi connectivity index (χ1v) is 14.1. The van der Waals surface area contributed by atoms with Crippen LogP contribution in [0.25, 0.3) is 0 Å². The van der Waals surface area contributed by atoms with Gasteiger partial charge in [-0.1, -0.05) is 12.1 Å². The average molecular weight is 599 g/mol. The lowest BCUT2D eigenvalue weighted by Crippen LogP contribution is -2.53. The minimum atomic E-state index is -0.941. The van der Waals surface area contributed by atoms with E-state index in [9.17, 15) is 19.1 Å². The van der Waals surface area contributed by atoms with E-state index in [1.165, 1.54) is 19.6 Å². The van der Waals surface area contributed by atoms with Crippen LogP contribution in [0.2, 0.25) is 0 Å². The number of amidine groups is 1. The van der Waals surface area contributed by atoms with E-state index in [-0.39, 0.29) is 6.04 Å². The van der Waals surface area contributed by atoms with Gasteiger partial charge in [0.25, 0.3) is 0 Å². The number of ether oxygens (including phenoxy) is 1. The van der Waals surface area contributed by atoms with Gasteiger partial charge in [0.2, 0.25) is 0 Å². The van der Waals surface area contributed by atoms with Crippen molar-refractivity contribution in [2.24, 2.45) is 10.4 Å². The highest BCUT2D eigenvalue weighted by atomic mass is 32.1. The molecule has 0 aliphatic carbocycles. The third kappa shape index (κ3) is 5.50. The Morgan fingerprint density at radius 1 is 1.26 bits per heavy atom. The van der Waals surface area contributed by atoms with E-state index in [4.69, 9.17) is 26.4 Å². The molecule has 0 saturated carbocycles. The Morgan fingerprint density at radius 2 is 2.02 bits per heavy atom. The van der Waals surface area contributed by atoms with Crippen LogP contribution in [-0.2, 0) is 14.3 Å². The molecule has 5 rings (SSSR count). The third-order valence-corrected chi connectivity index (χ3v) is 8.66. The van der Waals surface area contributed by atoms with Gasteiger partial charge in [-0.3, -0.25) is 14.7 Å². The maximum Gasteiger partial charge on any atom is 0.338 e. The molecule has 0 unspecified atom stereocenters. The summed E-state index contributed by atoms with van der Waals surface area (Å²) in [5.74, 6) is -0.858. The number of aliphatic carboxylic acids is 1. The molecule has 2 atom stereocenters. The topological polar surface area (TPSA) is 124 Å². The Balaban J connectivity index is 1.46. The fourth-order valence-corrected chi connectivity index (χ4v) is 6.13. The van der Waals surface area contributed by atoms with Crippen molar-refractivity contribution in [1.29, 1.82) is 0 Å². The normalized spacial score (nSPS) is 21.3. The Labute approximate surface area is 249 Å². The molecule has 2 aromatic rings. The zero-order valence-corrected chi connectivity index (χ0v) is 25.1. The molecule has 13 heteroatoms. The van der Waals surface area contributed by atoms with E-state index in [0.29, 0.717) is 84.1 Å². The largest absolute Gasteiger partial charge is 0.481 e. The predicted molar refractivity (Wildman–Crippen MR) is 156 cm³/mol. The number of halogens is 1. The van der Waals surface area contributed by atoms with E-state index in [1.807, 2.05) is 4.90 Å².